The second-order valence-electron chi connectivity index (χ2n) is 6.61. The highest BCUT2D eigenvalue weighted by Gasteiger charge is 2.26. The highest BCUT2D eigenvalue weighted by atomic mass is 32.1. The van der Waals surface area contributed by atoms with Crippen LogP contribution in [0.4, 0.5) is 5.13 Å². The molecule has 2 amide bonds. The Morgan fingerprint density at radius 2 is 1.92 bits per heavy atom. The molecule has 0 atom stereocenters. The molecule has 2 heterocycles. The fourth-order valence-corrected chi connectivity index (χ4v) is 3.75. The van der Waals surface area contributed by atoms with Crippen LogP contribution in [-0.2, 0) is 9.59 Å². The van der Waals surface area contributed by atoms with Gasteiger partial charge in [0.2, 0.25) is 11.8 Å². The lowest BCUT2D eigenvalue weighted by molar-refractivity contribution is -0.132. The number of amides is 2. The third-order valence-electron chi connectivity index (χ3n) is 4.85. The standard InChI is InChI=1S/C19H23N3O2S/c1-12-4-5-16(10-13(12)2)17-11-25-19(20-17)21-18(24)15-6-8-22(9-7-15)14(3)23/h4-5,10-11,15H,6-9H2,1-3H3,(H,20,21,24). The van der Waals surface area contributed by atoms with Crippen LogP contribution in [0.25, 0.3) is 11.3 Å². The van der Waals surface area contributed by atoms with E-state index in [0.717, 1.165) is 11.3 Å². The lowest BCUT2D eigenvalue weighted by atomic mass is 9.96. The number of aromatic nitrogens is 1. The quantitative estimate of drug-likeness (QED) is 0.912. The Morgan fingerprint density at radius 1 is 1.20 bits per heavy atom. The number of nitrogens with zero attached hydrogens (tertiary/aromatic N) is 2. The minimum Gasteiger partial charge on any atom is -0.343 e. The van der Waals surface area contributed by atoms with E-state index in [2.05, 4.69) is 42.3 Å². The Labute approximate surface area is 152 Å². The molecule has 0 radical (unpaired) electrons. The maximum Gasteiger partial charge on any atom is 0.229 e. The summed E-state index contributed by atoms with van der Waals surface area (Å²) in [5.41, 5.74) is 4.43. The molecule has 0 bridgehead atoms. The van der Waals surface area contributed by atoms with Crippen molar-refractivity contribution in [2.24, 2.45) is 5.92 Å². The second kappa shape index (κ2) is 7.35. The monoisotopic (exact) mass is 357 g/mol. The first-order chi connectivity index (χ1) is 11.9. The zero-order valence-electron chi connectivity index (χ0n) is 14.8. The number of benzene rings is 1. The van der Waals surface area contributed by atoms with Crippen molar-refractivity contribution in [1.82, 2.24) is 9.88 Å². The van der Waals surface area contributed by atoms with E-state index in [4.69, 9.17) is 0 Å². The van der Waals surface area contributed by atoms with Gasteiger partial charge in [0, 0.05) is 36.9 Å². The van der Waals surface area contributed by atoms with Gasteiger partial charge in [-0.15, -0.1) is 11.3 Å². The van der Waals surface area contributed by atoms with E-state index >= 15 is 0 Å². The van der Waals surface area contributed by atoms with Gasteiger partial charge in [0.1, 0.15) is 0 Å². The summed E-state index contributed by atoms with van der Waals surface area (Å²) in [6, 6.07) is 6.26. The third kappa shape index (κ3) is 4.07. The normalized spacial score (nSPS) is 15.2. The van der Waals surface area contributed by atoms with Crippen LogP contribution in [0.5, 0.6) is 0 Å². The molecule has 1 saturated heterocycles. The average Bonchev–Trinajstić information content (AvgIpc) is 3.06. The van der Waals surface area contributed by atoms with E-state index in [0.29, 0.717) is 31.1 Å². The predicted molar refractivity (Wildman–Crippen MR) is 101 cm³/mol. The highest BCUT2D eigenvalue weighted by molar-refractivity contribution is 7.14. The fourth-order valence-electron chi connectivity index (χ4n) is 3.03. The molecule has 1 aliphatic heterocycles. The average molecular weight is 357 g/mol. The summed E-state index contributed by atoms with van der Waals surface area (Å²) in [7, 11) is 0. The maximum atomic E-state index is 12.4. The summed E-state index contributed by atoms with van der Waals surface area (Å²) < 4.78 is 0. The molecule has 1 fully saturated rings. The molecule has 25 heavy (non-hydrogen) atoms. The Morgan fingerprint density at radius 3 is 2.56 bits per heavy atom. The van der Waals surface area contributed by atoms with Crippen molar-refractivity contribution < 1.29 is 9.59 Å². The number of rotatable bonds is 3. The molecular weight excluding hydrogens is 334 g/mol. The van der Waals surface area contributed by atoms with E-state index in [9.17, 15) is 9.59 Å². The van der Waals surface area contributed by atoms with Crippen LogP contribution in [0, 0.1) is 19.8 Å². The van der Waals surface area contributed by atoms with Crippen LogP contribution in [0.3, 0.4) is 0 Å². The molecule has 1 N–H and O–H groups in total. The number of carbonyl (C=O) groups is 2. The Bertz CT molecular complexity index is 792. The minimum atomic E-state index is -0.0513. The Balaban J connectivity index is 1.62. The predicted octanol–water partition coefficient (Wildman–Crippen LogP) is 3.62. The van der Waals surface area contributed by atoms with Crippen molar-refractivity contribution in [1.29, 1.82) is 0 Å². The first kappa shape index (κ1) is 17.6. The first-order valence-electron chi connectivity index (χ1n) is 8.53. The summed E-state index contributed by atoms with van der Waals surface area (Å²) in [6.45, 7) is 7.05. The number of piperidine rings is 1. The minimum absolute atomic E-state index is 0.00388. The molecule has 2 aromatic rings. The van der Waals surface area contributed by atoms with Crippen LogP contribution < -0.4 is 5.32 Å². The largest absolute Gasteiger partial charge is 0.343 e. The molecule has 1 aromatic heterocycles. The molecule has 6 heteroatoms. The van der Waals surface area contributed by atoms with Gasteiger partial charge in [-0.3, -0.25) is 9.59 Å². The van der Waals surface area contributed by atoms with E-state index in [1.807, 2.05) is 5.38 Å². The van der Waals surface area contributed by atoms with Crippen molar-refractivity contribution in [2.75, 3.05) is 18.4 Å². The summed E-state index contributed by atoms with van der Waals surface area (Å²) in [4.78, 5) is 30.2. The number of carbonyl (C=O) groups excluding carboxylic acids is 2. The molecule has 1 aliphatic rings. The van der Waals surface area contributed by atoms with Crippen molar-refractivity contribution in [3.8, 4) is 11.3 Å². The number of hydrogen-bond donors (Lipinski definition) is 1. The van der Waals surface area contributed by atoms with Crippen molar-refractivity contribution >= 4 is 28.3 Å². The van der Waals surface area contributed by atoms with E-state index in [1.54, 1.807) is 11.8 Å². The summed E-state index contributed by atoms with van der Waals surface area (Å²) in [5.74, 6) is 0.0329. The topological polar surface area (TPSA) is 62.3 Å². The van der Waals surface area contributed by atoms with Gasteiger partial charge in [-0.1, -0.05) is 12.1 Å². The fraction of sp³-hybridized carbons (Fsp3) is 0.421. The molecule has 5 nitrogen and oxygen atoms in total. The zero-order chi connectivity index (χ0) is 18.0. The smallest absolute Gasteiger partial charge is 0.229 e. The number of thiazole rings is 1. The van der Waals surface area contributed by atoms with E-state index < -0.39 is 0 Å². The van der Waals surface area contributed by atoms with Crippen molar-refractivity contribution in [2.45, 2.75) is 33.6 Å². The van der Waals surface area contributed by atoms with E-state index in [-0.39, 0.29) is 17.7 Å². The molecule has 0 unspecified atom stereocenters. The van der Waals surface area contributed by atoms with Gasteiger partial charge in [0.05, 0.1) is 5.69 Å². The Kier molecular flexibility index (Phi) is 5.18. The van der Waals surface area contributed by atoms with Gasteiger partial charge >= 0.3 is 0 Å². The molecule has 0 aliphatic carbocycles. The van der Waals surface area contributed by atoms with Crippen LogP contribution in [0.1, 0.15) is 30.9 Å². The number of nitrogens with one attached hydrogen (secondary N) is 1. The SMILES string of the molecule is CC(=O)N1CCC(C(=O)Nc2nc(-c3ccc(C)c(C)c3)cs2)CC1. The van der Waals surface area contributed by atoms with Gasteiger partial charge in [-0.25, -0.2) is 4.98 Å². The lowest BCUT2D eigenvalue weighted by Crippen LogP contribution is -2.40. The van der Waals surface area contributed by atoms with Gasteiger partial charge in [0.25, 0.3) is 0 Å². The van der Waals surface area contributed by atoms with Crippen molar-refractivity contribution in [3.63, 3.8) is 0 Å². The van der Waals surface area contributed by atoms with E-state index in [1.165, 1.54) is 22.5 Å². The lowest BCUT2D eigenvalue weighted by Gasteiger charge is -2.30. The third-order valence-corrected chi connectivity index (χ3v) is 5.61. The maximum absolute atomic E-state index is 12.4. The number of hydrogen-bond acceptors (Lipinski definition) is 4. The molecule has 0 saturated carbocycles. The van der Waals surface area contributed by atoms with Gasteiger partial charge < -0.3 is 10.2 Å². The molecule has 1 aromatic carbocycles. The van der Waals surface area contributed by atoms with Gasteiger partial charge in [-0.05, 0) is 43.9 Å². The van der Waals surface area contributed by atoms with Crippen LogP contribution >= 0.6 is 11.3 Å². The van der Waals surface area contributed by atoms with Crippen molar-refractivity contribution in [3.05, 3.63) is 34.7 Å². The number of anilines is 1. The summed E-state index contributed by atoms with van der Waals surface area (Å²) >= 11 is 1.44. The number of likely N-dealkylation sites (tertiary alicyclic amines) is 1. The molecule has 0 spiro atoms. The van der Waals surface area contributed by atoms with Gasteiger partial charge in [-0.2, -0.15) is 0 Å². The Hall–Kier alpha value is -2.21. The summed E-state index contributed by atoms with van der Waals surface area (Å²) in [5, 5.41) is 5.54. The first-order valence-corrected chi connectivity index (χ1v) is 9.41. The molecule has 3 rings (SSSR count). The summed E-state index contributed by atoms with van der Waals surface area (Å²) in [6.07, 6.45) is 1.42. The van der Waals surface area contributed by atoms with Gasteiger partial charge in [0.15, 0.2) is 5.13 Å². The molecule has 132 valence electrons. The highest BCUT2D eigenvalue weighted by Crippen LogP contribution is 2.27. The number of aryl methyl sites for hydroxylation is 2. The van der Waals surface area contributed by atoms with Crippen LogP contribution in [-0.4, -0.2) is 34.8 Å². The zero-order valence-corrected chi connectivity index (χ0v) is 15.7. The second-order valence-corrected chi connectivity index (χ2v) is 7.46. The molecular formula is C19H23N3O2S. The van der Waals surface area contributed by atoms with Crippen LogP contribution in [0.2, 0.25) is 0 Å². The van der Waals surface area contributed by atoms with Crippen LogP contribution in [0.15, 0.2) is 23.6 Å².